The maximum atomic E-state index is 14.0. The van der Waals surface area contributed by atoms with Crippen molar-refractivity contribution in [1.29, 1.82) is 0 Å². The number of halogens is 2. The van der Waals surface area contributed by atoms with Gasteiger partial charge in [-0.2, -0.15) is 13.9 Å². The van der Waals surface area contributed by atoms with E-state index in [9.17, 15) is 13.6 Å². The third-order valence-electron chi connectivity index (χ3n) is 5.12. The highest BCUT2D eigenvalue weighted by Gasteiger charge is 2.38. The Bertz CT molecular complexity index is 1190. The second-order valence-corrected chi connectivity index (χ2v) is 7.36. The van der Waals surface area contributed by atoms with E-state index in [0.29, 0.717) is 24.1 Å². The van der Waals surface area contributed by atoms with Crippen molar-refractivity contribution < 1.29 is 13.6 Å². The van der Waals surface area contributed by atoms with Crippen LogP contribution >= 0.6 is 0 Å². The number of pyridine rings is 1. The van der Waals surface area contributed by atoms with Gasteiger partial charge in [-0.1, -0.05) is 17.9 Å². The zero-order valence-corrected chi connectivity index (χ0v) is 17.2. The molecule has 0 bridgehead atoms. The molecule has 8 heteroatoms. The van der Waals surface area contributed by atoms with Crippen molar-refractivity contribution in [1.82, 2.24) is 14.8 Å². The monoisotopic (exact) mass is 421 g/mol. The van der Waals surface area contributed by atoms with Gasteiger partial charge in [0, 0.05) is 49.0 Å². The van der Waals surface area contributed by atoms with Gasteiger partial charge in [0.05, 0.1) is 0 Å². The molecule has 0 saturated heterocycles. The number of nitrogens with zero attached hydrogens (tertiary/aromatic N) is 3. The highest BCUT2D eigenvalue weighted by Crippen LogP contribution is 2.37. The number of benzene rings is 1. The molecule has 0 saturated carbocycles. The quantitative estimate of drug-likeness (QED) is 0.623. The average molecular weight is 421 g/mol. The Hall–Kier alpha value is -3.73. The summed E-state index contributed by atoms with van der Waals surface area (Å²) >= 11 is 0. The molecule has 0 atom stereocenters. The van der Waals surface area contributed by atoms with E-state index in [1.807, 2.05) is 19.1 Å². The van der Waals surface area contributed by atoms with Gasteiger partial charge in [-0.15, -0.1) is 0 Å². The smallest absolute Gasteiger partial charge is 0.289 e. The van der Waals surface area contributed by atoms with Crippen molar-refractivity contribution in [3.8, 4) is 11.8 Å². The molecular formula is C23H21F2N5O. The highest BCUT2D eigenvalue weighted by molar-refractivity contribution is 6.04. The molecule has 31 heavy (non-hydrogen) atoms. The SMILES string of the molecule is CNc1ccc(C#Cc2cc(C(=O)Nc3cc4n(n3)CCCC4(F)F)ccc2C)cn1. The summed E-state index contributed by atoms with van der Waals surface area (Å²) in [4.78, 5) is 16.9. The van der Waals surface area contributed by atoms with Gasteiger partial charge in [0.1, 0.15) is 11.5 Å². The normalized spacial score (nSPS) is 14.2. The molecule has 0 unspecified atom stereocenters. The first-order chi connectivity index (χ1) is 14.9. The average Bonchev–Trinajstić information content (AvgIpc) is 3.17. The van der Waals surface area contributed by atoms with Crippen LogP contribution in [0, 0.1) is 18.8 Å². The zero-order chi connectivity index (χ0) is 22.0. The molecule has 0 fully saturated rings. The van der Waals surface area contributed by atoms with Crippen LogP contribution in [0.4, 0.5) is 20.4 Å². The van der Waals surface area contributed by atoms with Gasteiger partial charge >= 0.3 is 0 Å². The number of aromatic nitrogens is 3. The van der Waals surface area contributed by atoms with Gasteiger partial charge in [-0.25, -0.2) is 4.98 Å². The van der Waals surface area contributed by atoms with E-state index in [-0.39, 0.29) is 17.9 Å². The Balaban J connectivity index is 1.54. The van der Waals surface area contributed by atoms with Crippen molar-refractivity contribution in [2.75, 3.05) is 17.7 Å². The van der Waals surface area contributed by atoms with E-state index in [1.165, 1.54) is 10.7 Å². The molecule has 1 aromatic carbocycles. The second-order valence-electron chi connectivity index (χ2n) is 7.36. The van der Waals surface area contributed by atoms with E-state index in [2.05, 4.69) is 32.6 Å². The Labute approximate surface area is 178 Å². The Morgan fingerprint density at radius 3 is 2.71 bits per heavy atom. The third kappa shape index (κ3) is 4.40. The number of hydrogen-bond acceptors (Lipinski definition) is 4. The second kappa shape index (κ2) is 8.19. The summed E-state index contributed by atoms with van der Waals surface area (Å²) in [6, 6.07) is 10.1. The number of amides is 1. The summed E-state index contributed by atoms with van der Waals surface area (Å²) in [5, 5.41) is 9.67. The van der Waals surface area contributed by atoms with Gasteiger partial charge < -0.3 is 10.6 Å². The first kappa shape index (κ1) is 20.5. The maximum absolute atomic E-state index is 14.0. The lowest BCUT2D eigenvalue weighted by atomic mass is 10.0. The first-order valence-corrected chi connectivity index (χ1v) is 9.90. The molecular weight excluding hydrogens is 400 g/mol. The lowest BCUT2D eigenvalue weighted by Gasteiger charge is -2.22. The van der Waals surface area contributed by atoms with Crippen LogP contribution in [0.25, 0.3) is 0 Å². The van der Waals surface area contributed by atoms with Crippen molar-refractivity contribution in [2.24, 2.45) is 0 Å². The fourth-order valence-corrected chi connectivity index (χ4v) is 3.36. The highest BCUT2D eigenvalue weighted by atomic mass is 19.3. The molecule has 0 spiro atoms. The van der Waals surface area contributed by atoms with E-state index >= 15 is 0 Å². The van der Waals surface area contributed by atoms with Crippen LogP contribution in [0.1, 0.15) is 45.6 Å². The summed E-state index contributed by atoms with van der Waals surface area (Å²) in [7, 11) is 1.79. The Kier molecular flexibility index (Phi) is 5.42. The molecule has 4 rings (SSSR count). The van der Waals surface area contributed by atoms with E-state index in [1.54, 1.807) is 31.4 Å². The molecule has 0 aliphatic carbocycles. The molecule has 1 amide bonds. The van der Waals surface area contributed by atoms with Crippen LogP contribution in [0.2, 0.25) is 0 Å². The Morgan fingerprint density at radius 2 is 2.00 bits per heavy atom. The van der Waals surface area contributed by atoms with E-state index in [0.717, 1.165) is 16.9 Å². The topological polar surface area (TPSA) is 71.8 Å². The molecule has 3 heterocycles. The lowest BCUT2D eigenvalue weighted by Crippen LogP contribution is -2.25. The maximum Gasteiger partial charge on any atom is 0.289 e. The number of carbonyl (C=O) groups is 1. The first-order valence-electron chi connectivity index (χ1n) is 9.90. The van der Waals surface area contributed by atoms with Crippen molar-refractivity contribution in [2.45, 2.75) is 32.2 Å². The van der Waals surface area contributed by atoms with Crippen molar-refractivity contribution in [3.63, 3.8) is 0 Å². The molecule has 2 N–H and O–H groups in total. The van der Waals surface area contributed by atoms with Crippen LogP contribution in [-0.4, -0.2) is 27.7 Å². The fourth-order valence-electron chi connectivity index (χ4n) is 3.36. The minimum Gasteiger partial charge on any atom is -0.373 e. The van der Waals surface area contributed by atoms with Crippen LogP contribution in [0.3, 0.4) is 0 Å². The summed E-state index contributed by atoms with van der Waals surface area (Å²) in [6.45, 7) is 2.31. The summed E-state index contributed by atoms with van der Waals surface area (Å²) in [6.07, 6.45) is 1.81. The number of fused-ring (bicyclic) bond motifs is 1. The van der Waals surface area contributed by atoms with E-state index in [4.69, 9.17) is 0 Å². The van der Waals surface area contributed by atoms with Gasteiger partial charge in [-0.05, 0) is 43.2 Å². The van der Waals surface area contributed by atoms with Crippen molar-refractivity contribution in [3.05, 3.63) is 70.5 Å². The van der Waals surface area contributed by atoms with Crippen LogP contribution in [-0.2, 0) is 12.5 Å². The molecule has 0 radical (unpaired) electrons. The molecule has 158 valence electrons. The minimum atomic E-state index is -2.93. The van der Waals surface area contributed by atoms with Crippen LogP contribution in [0.5, 0.6) is 0 Å². The number of aryl methyl sites for hydroxylation is 2. The summed E-state index contributed by atoms with van der Waals surface area (Å²) in [5.41, 5.74) is 2.57. The molecule has 1 aliphatic heterocycles. The van der Waals surface area contributed by atoms with Gasteiger partial charge in [0.15, 0.2) is 5.82 Å². The van der Waals surface area contributed by atoms with Crippen molar-refractivity contribution >= 4 is 17.5 Å². The van der Waals surface area contributed by atoms with Gasteiger partial charge in [0.2, 0.25) is 0 Å². The molecule has 3 aromatic rings. The molecule has 1 aliphatic rings. The lowest BCUT2D eigenvalue weighted by molar-refractivity contribution is -0.0364. The predicted molar refractivity (Wildman–Crippen MR) is 114 cm³/mol. The number of anilines is 2. The van der Waals surface area contributed by atoms with Crippen LogP contribution < -0.4 is 10.6 Å². The van der Waals surface area contributed by atoms with Gasteiger partial charge in [-0.3, -0.25) is 9.48 Å². The number of carbonyl (C=O) groups excluding carboxylic acids is 1. The minimum absolute atomic E-state index is 0.116. The van der Waals surface area contributed by atoms with E-state index < -0.39 is 11.8 Å². The van der Waals surface area contributed by atoms with Crippen LogP contribution in [0.15, 0.2) is 42.6 Å². The number of nitrogens with one attached hydrogen (secondary N) is 2. The third-order valence-corrected chi connectivity index (χ3v) is 5.12. The summed E-state index contributed by atoms with van der Waals surface area (Å²) < 4.78 is 29.3. The standard InChI is InChI=1S/C23H21F2N5O/c1-15-4-7-18(12-17(15)8-5-16-6-9-20(26-2)27-14-16)22(31)28-21-13-19-23(24,25)10-3-11-30(19)29-21/h4,6-7,9,12-14H,3,10-11H2,1-2H3,(H,26,27)(H,28,29,31). The number of hydrogen-bond donors (Lipinski definition) is 2. The number of rotatable bonds is 3. The largest absolute Gasteiger partial charge is 0.373 e. The number of alkyl halides is 2. The van der Waals surface area contributed by atoms with Gasteiger partial charge in [0.25, 0.3) is 11.8 Å². The Morgan fingerprint density at radius 1 is 1.16 bits per heavy atom. The molecule has 2 aromatic heterocycles. The summed E-state index contributed by atoms with van der Waals surface area (Å²) in [5.74, 6) is 3.61. The molecule has 6 nitrogen and oxygen atoms in total. The fraction of sp³-hybridized carbons (Fsp3) is 0.261. The predicted octanol–water partition coefficient (Wildman–Crippen LogP) is 4.17. The zero-order valence-electron chi connectivity index (χ0n) is 17.2.